The van der Waals surface area contributed by atoms with Gasteiger partial charge in [0.15, 0.2) is 6.61 Å². The first kappa shape index (κ1) is 26.2. The van der Waals surface area contributed by atoms with Crippen molar-refractivity contribution in [2.75, 3.05) is 18.5 Å². The van der Waals surface area contributed by atoms with Gasteiger partial charge in [0.2, 0.25) is 0 Å². The van der Waals surface area contributed by atoms with E-state index in [1.807, 2.05) is 0 Å². The molecule has 2 aromatic carbocycles. The molecule has 0 unspecified atom stereocenters. The second kappa shape index (κ2) is 11.3. The summed E-state index contributed by atoms with van der Waals surface area (Å²) in [4.78, 5) is 28.3. The van der Waals surface area contributed by atoms with Crippen molar-refractivity contribution in [1.29, 1.82) is 0 Å². The molecule has 0 spiro atoms. The Balaban J connectivity index is 1.54. The van der Waals surface area contributed by atoms with Gasteiger partial charge in [-0.25, -0.2) is 8.42 Å². The van der Waals surface area contributed by atoms with Gasteiger partial charge in [-0.2, -0.15) is 13.2 Å². The number of anilines is 1. The average Bonchev–Trinajstić information content (AvgIpc) is 3.06. The van der Waals surface area contributed by atoms with Gasteiger partial charge < -0.3 is 10.1 Å². The van der Waals surface area contributed by atoms with Crippen LogP contribution in [0.1, 0.15) is 36.8 Å². The molecule has 1 aliphatic heterocycles. The number of carbonyl (C=O) groups excluding carboxylic acids is 2. The average molecular weight is 512 g/mol. The number of nitrogens with zero attached hydrogens (tertiary/aromatic N) is 1. The van der Waals surface area contributed by atoms with Gasteiger partial charge in [0.1, 0.15) is 5.84 Å². The lowest BCUT2D eigenvalue weighted by Gasteiger charge is -2.12. The summed E-state index contributed by atoms with van der Waals surface area (Å²) >= 11 is 0. The highest BCUT2D eigenvalue weighted by molar-refractivity contribution is 7.90. The van der Waals surface area contributed by atoms with Crippen LogP contribution in [-0.4, -0.2) is 39.3 Å². The summed E-state index contributed by atoms with van der Waals surface area (Å²) in [5.41, 5.74) is -0.639. The van der Waals surface area contributed by atoms with Crippen LogP contribution in [0.5, 0.6) is 0 Å². The second-order valence-corrected chi connectivity index (χ2v) is 9.54. The minimum absolute atomic E-state index is 0.0798. The van der Waals surface area contributed by atoms with E-state index in [4.69, 9.17) is 4.74 Å². The number of carbonyl (C=O) groups is 2. The van der Waals surface area contributed by atoms with Crippen LogP contribution < -0.4 is 10.0 Å². The molecule has 35 heavy (non-hydrogen) atoms. The van der Waals surface area contributed by atoms with E-state index in [1.165, 1.54) is 36.4 Å². The predicted molar refractivity (Wildman–Crippen MR) is 122 cm³/mol. The van der Waals surface area contributed by atoms with Crippen LogP contribution in [0, 0.1) is 0 Å². The monoisotopic (exact) mass is 511 g/mol. The van der Waals surface area contributed by atoms with E-state index in [9.17, 15) is 31.2 Å². The van der Waals surface area contributed by atoms with Crippen LogP contribution in [0.15, 0.2) is 58.4 Å². The molecule has 3 rings (SSSR count). The Bertz CT molecular complexity index is 1210. The summed E-state index contributed by atoms with van der Waals surface area (Å²) < 4.78 is 71.0. The van der Waals surface area contributed by atoms with Crippen LogP contribution >= 0.6 is 0 Å². The summed E-state index contributed by atoms with van der Waals surface area (Å²) in [5.74, 6) is -1.23. The first-order valence-corrected chi connectivity index (χ1v) is 12.3. The number of amides is 1. The zero-order valence-corrected chi connectivity index (χ0v) is 19.4. The van der Waals surface area contributed by atoms with Crippen LogP contribution in [0.3, 0.4) is 0 Å². The lowest BCUT2D eigenvalue weighted by Crippen LogP contribution is -2.30. The van der Waals surface area contributed by atoms with Crippen molar-refractivity contribution in [3.63, 3.8) is 0 Å². The topological polar surface area (TPSA) is 114 Å². The molecule has 1 heterocycles. The number of alkyl halides is 3. The number of nitrogens with one attached hydrogen (secondary N) is 2. The fraction of sp³-hybridized carbons (Fsp3) is 0.348. The van der Waals surface area contributed by atoms with Gasteiger partial charge in [-0.15, -0.1) is 0 Å². The van der Waals surface area contributed by atoms with Crippen molar-refractivity contribution < 1.29 is 35.9 Å². The molecule has 0 aliphatic carbocycles. The van der Waals surface area contributed by atoms with Gasteiger partial charge in [0.25, 0.3) is 15.9 Å². The van der Waals surface area contributed by atoms with Crippen molar-refractivity contribution in [2.24, 2.45) is 4.99 Å². The van der Waals surface area contributed by atoms with Crippen LogP contribution in [0.4, 0.5) is 18.9 Å². The fourth-order valence-corrected chi connectivity index (χ4v) is 4.47. The summed E-state index contributed by atoms with van der Waals surface area (Å²) in [6, 6.07) is 9.77. The Morgan fingerprint density at radius 2 is 1.80 bits per heavy atom. The van der Waals surface area contributed by atoms with Gasteiger partial charge >= 0.3 is 12.1 Å². The van der Waals surface area contributed by atoms with E-state index in [0.717, 1.165) is 31.4 Å². The highest BCUT2D eigenvalue weighted by atomic mass is 32.2. The largest absolute Gasteiger partial charge is 0.455 e. The van der Waals surface area contributed by atoms with E-state index in [1.54, 1.807) is 0 Å². The molecule has 0 saturated carbocycles. The Kier molecular flexibility index (Phi) is 8.49. The number of rotatable bonds is 7. The van der Waals surface area contributed by atoms with Crippen LogP contribution in [-0.2, 0) is 36.9 Å². The molecule has 8 nitrogen and oxygen atoms in total. The molecule has 0 fully saturated rings. The van der Waals surface area contributed by atoms with Crippen LogP contribution in [0.2, 0.25) is 0 Å². The molecule has 0 radical (unpaired) electrons. The molecule has 0 aromatic heterocycles. The molecule has 1 aliphatic rings. The Morgan fingerprint density at radius 3 is 2.57 bits per heavy atom. The maximum Gasteiger partial charge on any atom is 0.416 e. The number of sulfonamides is 1. The zero-order chi connectivity index (χ0) is 25.5. The fourth-order valence-electron chi connectivity index (χ4n) is 3.33. The second-order valence-electron chi connectivity index (χ2n) is 7.86. The Hall–Kier alpha value is -3.41. The standard InChI is InChI=1S/C23H24F3N3O5S/c24-23(25,26)17-7-4-6-16(12-17)13-22(31)34-15-21(30)28-18-8-5-9-19(14-18)35(32,33)29-20-10-2-1-3-11-27-20/h4-9,12,14H,1-3,10-11,13,15H2,(H,27,29)(H,28,30). The third-order valence-corrected chi connectivity index (χ3v) is 6.40. The summed E-state index contributed by atoms with van der Waals surface area (Å²) in [7, 11) is -3.91. The van der Waals surface area contributed by atoms with Gasteiger partial charge in [0.05, 0.1) is 16.9 Å². The smallest absolute Gasteiger partial charge is 0.416 e. The van der Waals surface area contributed by atoms with Gasteiger partial charge in [-0.3, -0.25) is 19.3 Å². The molecule has 2 aromatic rings. The number of hydrogen-bond donors (Lipinski definition) is 2. The Morgan fingerprint density at radius 1 is 1.03 bits per heavy atom. The molecule has 1 amide bonds. The zero-order valence-electron chi connectivity index (χ0n) is 18.6. The minimum Gasteiger partial charge on any atom is -0.455 e. The maximum atomic E-state index is 12.8. The minimum atomic E-state index is -4.54. The third kappa shape index (κ3) is 8.09. The molecule has 0 saturated heterocycles. The summed E-state index contributed by atoms with van der Waals surface area (Å²) in [6.45, 7) is -0.135. The van der Waals surface area contributed by atoms with Crippen LogP contribution in [0.25, 0.3) is 0 Å². The highest BCUT2D eigenvalue weighted by Gasteiger charge is 2.30. The first-order valence-electron chi connectivity index (χ1n) is 10.8. The molecular formula is C23H24F3N3O5S. The lowest BCUT2D eigenvalue weighted by molar-refractivity contribution is -0.146. The quantitative estimate of drug-likeness (QED) is 0.551. The van der Waals surface area contributed by atoms with E-state index in [-0.39, 0.29) is 16.1 Å². The molecular weight excluding hydrogens is 487 g/mol. The number of hydrogen-bond acceptors (Lipinski definition) is 6. The molecule has 188 valence electrons. The molecule has 12 heteroatoms. The normalized spacial score (nSPS) is 14.4. The molecule has 2 N–H and O–H groups in total. The van der Waals surface area contributed by atoms with Gasteiger partial charge in [0, 0.05) is 18.7 Å². The highest BCUT2D eigenvalue weighted by Crippen LogP contribution is 2.29. The number of aliphatic imine (C=N–C) groups is 1. The first-order chi connectivity index (χ1) is 16.5. The van der Waals surface area contributed by atoms with Crippen molar-refractivity contribution in [2.45, 2.75) is 43.2 Å². The SMILES string of the molecule is O=C(COC(=O)Cc1cccc(C(F)(F)F)c1)Nc1cccc(S(=O)(=O)NC2=NCCCCC2)c1. The van der Waals surface area contributed by atoms with E-state index >= 15 is 0 Å². The maximum absolute atomic E-state index is 12.8. The number of esters is 1. The van der Waals surface area contributed by atoms with Crippen molar-refractivity contribution >= 4 is 33.4 Å². The van der Waals surface area contributed by atoms with Crippen molar-refractivity contribution in [3.8, 4) is 0 Å². The van der Waals surface area contributed by atoms with Gasteiger partial charge in [-0.05, 0) is 42.7 Å². The summed E-state index contributed by atoms with van der Waals surface area (Å²) in [5, 5.41) is 2.43. The number of halogens is 3. The van der Waals surface area contributed by atoms with Gasteiger partial charge in [-0.1, -0.05) is 30.7 Å². The number of benzene rings is 2. The van der Waals surface area contributed by atoms with E-state index in [2.05, 4.69) is 15.0 Å². The van der Waals surface area contributed by atoms with E-state index in [0.29, 0.717) is 18.8 Å². The third-order valence-electron chi connectivity index (χ3n) is 5.02. The number of amidine groups is 1. The Labute approximate surface area is 200 Å². The summed E-state index contributed by atoms with van der Waals surface area (Å²) in [6.07, 6.45) is -1.75. The number of ether oxygens (including phenoxy) is 1. The molecule has 0 bridgehead atoms. The predicted octanol–water partition coefficient (Wildman–Crippen LogP) is 3.68. The lowest BCUT2D eigenvalue weighted by atomic mass is 10.1. The van der Waals surface area contributed by atoms with Crippen molar-refractivity contribution in [3.05, 3.63) is 59.7 Å². The van der Waals surface area contributed by atoms with Crippen molar-refractivity contribution in [1.82, 2.24) is 4.72 Å². The van der Waals surface area contributed by atoms with E-state index < -0.39 is 46.7 Å². The molecule has 0 atom stereocenters.